The average molecular weight is 392 g/mol. The van der Waals surface area contributed by atoms with Crippen molar-refractivity contribution in [1.82, 2.24) is 15.3 Å². The summed E-state index contributed by atoms with van der Waals surface area (Å²) in [5, 5.41) is 4.23. The van der Waals surface area contributed by atoms with Crippen molar-refractivity contribution in [1.29, 1.82) is 0 Å². The van der Waals surface area contributed by atoms with E-state index >= 15 is 0 Å². The first-order chi connectivity index (χ1) is 13.5. The van der Waals surface area contributed by atoms with Gasteiger partial charge in [-0.15, -0.1) is 0 Å². The van der Waals surface area contributed by atoms with E-state index in [0.717, 1.165) is 33.6 Å². The molecule has 5 nitrogen and oxygen atoms in total. The van der Waals surface area contributed by atoms with Crippen molar-refractivity contribution in [2.24, 2.45) is 0 Å². The number of hydrogen-bond acceptors (Lipinski definition) is 3. The molecule has 0 amide bonds. The van der Waals surface area contributed by atoms with Crippen molar-refractivity contribution in [3.05, 3.63) is 77.4 Å². The molecule has 3 heterocycles. The number of aromatic amines is 1. The van der Waals surface area contributed by atoms with Gasteiger partial charge in [0, 0.05) is 43.1 Å². The molecule has 2 N–H and O–H groups in total. The summed E-state index contributed by atoms with van der Waals surface area (Å²) >= 11 is 5.78. The molecule has 3 aromatic rings. The van der Waals surface area contributed by atoms with Gasteiger partial charge in [-0.3, -0.25) is 4.98 Å². The third-order valence-corrected chi connectivity index (χ3v) is 5.57. The van der Waals surface area contributed by atoms with Crippen LogP contribution < -0.4 is 15.1 Å². The van der Waals surface area contributed by atoms with Gasteiger partial charge in [0.25, 0.3) is 0 Å². The third kappa shape index (κ3) is 3.24. The molecule has 2 unspecified atom stereocenters. The number of thiocarbonyl (C=S) groups is 1. The first kappa shape index (κ1) is 18.5. The molecular weight excluding hydrogens is 366 g/mol. The van der Waals surface area contributed by atoms with Crippen LogP contribution in [0.2, 0.25) is 0 Å². The van der Waals surface area contributed by atoms with Crippen molar-refractivity contribution in [3.8, 4) is 0 Å². The molecule has 6 heteroatoms. The highest BCUT2D eigenvalue weighted by Crippen LogP contribution is 2.42. The first-order valence-corrected chi connectivity index (χ1v) is 9.80. The fraction of sp³-hybridized carbons (Fsp3) is 0.273. The van der Waals surface area contributed by atoms with Crippen LogP contribution in [0.15, 0.2) is 54.7 Å². The van der Waals surface area contributed by atoms with Gasteiger partial charge < -0.3 is 20.1 Å². The first-order valence-electron chi connectivity index (χ1n) is 9.40. The second-order valence-corrected chi connectivity index (χ2v) is 7.83. The number of aryl methyl sites for hydroxylation is 2. The Bertz CT molecular complexity index is 978. The molecule has 2 aromatic heterocycles. The van der Waals surface area contributed by atoms with Crippen LogP contribution in [0.25, 0.3) is 0 Å². The SMILES string of the molecule is Cc1cc(C2C(c3ccccn3)NC(=S)N2c2ccc(N(C)C)cc2)c(C)[nH]1. The fourth-order valence-corrected chi connectivity index (χ4v) is 4.26. The number of anilines is 2. The predicted octanol–water partition coefficient (Wildman–Crippen LogP) is 4.27. The number of pyridine rings is 1. The summed E-state index contributed by atoms with van der Waals surface area (Å²) in [4.78, 5) is 12.4. The number of hydrogen-bond donors (Lipinski definition) is 2. The van der Waals surface area contributed by atoms with E-state index < -0.39 is 0 Å². The Morgan fingerprint density at radius 1 is 1.07 bits per heavy atom. The number of rotatable bonds is 4. The molecular formula is C22H25N5S. The van der Waals surface area contributed by atoms with E-state index in [1.54, 1.807) is 0 Å². The summed E-state index contributed by atoms with van der Waals surface area (Å²) in [5.41, 5.74) is 6.76. The minimum Gasteiger partial charge on any atom is -0.378 e. The van der Waals surface area contributed by atoms with Crippen molar-refractivity contribution >= 4 is 28.7 Å². The zero-order valence-electron chi connectivity index (χ0n) is 16.6. The lowest BCUT2D eigenvalue weighted by Gasteiger charge is -2.28. The summed E-state index contributed by atoms with van der Waals surface area (Å²) in [6.07, 6.45) is 1.83. The van der Waals surface area contributed by atoms with Crippen LogP contribution in [0.5, 0.6) is 0 Å². The number of nitrogens with one attached hydrogen (secondary N) is 2. The van der Waals surface area contributed by atoms with Crippen LogP contribution in [-0.4, -0.2) is 29.2 Å². The number of aromatic nitrogens is 2. The molecule has 4 rings (SSSR count). The lowest BCUT2D eigenvalue weighted by Crippen LogP contribution is -2.29. The Morgan fingerprint density at radius 2 is 1.82 bits per heavy atom. The van der Waals surface area contributed by atoms with Crippen molar-refractivity contribution in [2.45, 2.75) is 25.9 Å². The van der Waals surface area contributed by atoms with E-state index in [-0.39, 0.29) is 12.1 Å². The summed E-state index contributed by atoms with van der Waals surface area (Å²) in [6, 6.07) is 16.7. The quantitative estimate of drug-likeness (QED) is 0.651. The standard InChI is InChI=1S/C22H25N5S/c1-14-13-18(15(2)24-14)21-20(19-7-5-6-12-23-19)25-22(28)27(21)17-10-8-16(9-11-17)26(3)4/h5-13,20-21,24H,1-4H3,(H,25,28). The Labute approximate surface area is 171 Å². The number of H-pyrrole nitrogens is 1. The van der Waals surface area contributed by atoms with E-state index in [2.05, 4.69) is 75.3 Å². The molecule has 144 valence electrons. The summed E-state index contributed by atoms with van der Waals surface area (Å²) < 4.78 is 0. The Hall–Kier alpha value is -2.86. The van der Waals surface area contributed by atoms with Gasteiger partial charge in [0.1, 0.15) is 0 Å². The van der Waals surface area contributed by atoms with Crippen LogP contribution in [0, 0.1) is 13.8 Å². The van der Waals surface area contributed by atoms with Gasteiger partial charge >= 0.3 is 0 Å². The fourth-order valence-electron chi connectivity index (χ4n) is 3.91. The molecule has 1 saturated heterocycles. The minimum atomic E-state index is -0.0175. The maximum Gasteiger partial charge on any atom is 0.174 e. The summed E-state index contributed by atoms with van der Waals surface area (Å²) in [5.74, 6) is 0. The highest BCUT2D eigenvalue weighted by Gasteiger charge is 2.41. The number of benzene rings is 1. The molecule has 0 saturated carbocycles. The van der Waals surface area contributed by atoms with E-state index in [1.807, 2.05) is 32.4 Å². The van der Waals surface area contributed by atoms with E-state index in [1.165, 1.54) is 5.56 Å². The Balaban J connectivity index is 1.81. The van der Waals surface area contributed by atoms with Gasteiger partial charge in [-0.05, 0) is 74.1 Å². The van der Waals surface area contributed by atoms with Gasteiger partial charge in [0.05, 0.1) is 17.8 Å². The van der Waals surface area contributed by atoms with Gasteiger partial charge in [-0.25, -0.2) is 0 Å². The largest absolute Gasteiger partial charge is 0.378 e. The van der Waals surface area contributed by atoms with Crippen molar-refractivity contribution < 1.29 is 0 Å². The highest BCUT2D eigenvalue weighted by atomic mass is 32.1. The van der Waals surface area contributed by atoms with Crippen LogP contribution in [0.4, 0.5) is 11.4 Å². The van der Waals surface area contributed by atoms with Gasteiger partial charge in [-0.2, -0.15) is 0 Å². The maximum atomic E-state index is 5.78. The molecule has 0 spiro atoms. The minimum absolute atomic E-state index is 0.0175. The second kappa shape index (κ2) is 7.28. The number of nitrogens with zero attached hydrogens (tertiary/aromatic N) is 3. The monoisotopic (exact) mass is 391 g/mol. The third-order valence-electron chi connectivity index (χ3n) is 5.25. The molecule has 1 aliphatic rings. The average Bonchev–Trinajstić information content (AvgIpc) is 3.20. The lowest BCUT2D eigenvalue weighted by atomic mass is 9.96. The molecule has 0 bridgehead atoms. The highest BCUT2D eigenvalue weighted by molar-refractivity contribution is 7.80. The molecule has 1 aliphatic heterocycles. The molecule has 0 radical (unpaired) electrons. The normalized spacial score (nSPS) is 19.0. The van der Waals surface area contributed by atoms with E-state index in [0.29, 0.717) is 0 Å². The summed E-state index contributed by atoms with van der Waals surface area (Å²) in [6.45, 7) is 4.20. The Kier molecular flexibility index (Phi) is 4.81. The van der Waals surface area contributed by atoms with E-state index in [4.69, 9.17) is 12.2 Å². The molecule has 2 atom stereocenters. The Morgan fingerprint density at radius 3 is 2.39 bits per heavy atom. The molecule has 0 aliphatic carbocycles. The molecule has 1 fully saturated rings. The zero-order chi connectivity index (χ0) is 19.8. The van der Waals surface area contributed by atoms with Gasteiger partial charge in [-0.1, -0.05) is 6.07 Å². The molecule has 28 heavy (non-hydrogen) atoms. The lowest BCUT2D eigenvalue weighted by molar-refractivity contribution is 0.566. The van der Waals surface area contributed by atoms with Gasteiger partial charge in [0.15, 0.2) is 5.11 Å². The van der Waals surface area contributed by atoms with E-state index in [9.17, 15) is 0 Å². The smallest absolute Gasteiger partial charge is 0.174 e. The van der Waals surface area contributed by atoms with Crippen molar-refractivity contribution in [2.75, 3.05) is 23.9 Å². The van der Waals surface area contributed by atoms with Gasteiger partial charge in [0.2, 0.25) is 0 Å². The van der Waals surface area contributed by atoms with Crippen LogP contribution in [0.1, 0.15) is 34.7 Å². The van der Waals surface area contributed by atoms with Crippen molar-refractivity contribution in [3.63, 3.8) is 0 Å². The van der Waals surface area contributed by atoms with Crippen LogP contribution in [0.3, 0.4) is 0 Å². The van der Waals surface area contributed by atoms with Crippen LogP contribution in [-0.2, 0) is 0 Å². The maximum absolute atomic E-state index is 5.78. The predicted molar refractivity (Wildman–Crippen MR) is 119 cm³/mol. The topological polar surface area (TPSA) is 47.2 Å². The molecule has 1 aromatic carbocycles. The summed E-state index contributed by atoms with van der Waals surface area (Å²) in [7, 11) is 4.09. The second-order valence-electron chi connectivity index (χ2n) is 7.44. The zero-order valence-corrected chi connectivity index (χ0v) is 17.4. The van der Waals surface area contributed by atoms with Crippen LogP contribution >= 0.6 is 12.2 Å².